The molecule has 4 unspecified atom stereocenters. The third-order valence-electron chi connectivity index (χ3n) is 21.5. The maximum absolute atomic E-state index is 13.4. The fourth-order valence-corrected chi connectivity index (χ4v) is 19.6. The Bertz CT molecular complexity index is 7650. The first kappa shape index (κ1) is 108. The van der Waals surface area contributed by atoms with E-state index in [1.807, 2.05) is 13.0 Å². The predicted octanol–water partition coefficient (Wildman–Crippen LogP) is 15.8. The molecule has 4 atom stereocenters. The van der Waals surface area contributed by atoms with Crippen molar-refractivity contribution in [3.63, 3.8) is 0 Å². The summed E-state index contributed by atoms with van der Waals surface area (Å²) < 4.78 is 120. The summed E-state index contributed by atoms with van der Waals surface area (Å²) in [7, 11) is -13.2. The van der Waals surface area contributed by atoms with Gasteiger partial charge in [-0.3, -0.25) is 53.3 Å². The number of para-hydroxylation sites is 1. The lowest BCUT2D eigenvalue weighted by Crippen LogP contribution is -2.35. The molecule has 0 radical (unpaired) electrons. The molecule has 6 heterocycles. The third kappa shape index (κ3) is 27.3. The smallest absolute Gasteiger partial charge is 0.256 e. The normalized spacial score (nSPS) is 12.0. The zero-order chi connectivity index (χ0) is 105. The molecule has 8 amide bonds. The Hall–Kier alpha value is -16.3. The number of nitrogens with zero attached hydrogens (tertiary/aromatic N) is 7. The van der Waals surface area contributed by atoms with E-state index in [0.29, 0.717) is 68.3 Å². The summed E-state index contributed by atoms with van der Waals surface area (Å²) in [6.45, 7) is 15.0. The lowest BCUT2D eigenvalue weighted by Gasteiger charge is -2.18. The molecule has 0 fully saturated rings. The molecule has 0 aliphatic rings. The Labute approximate surface area is 837 Å². The number of sulfone groups is 4. The molecule has 144 heavy (non-hydrogen) atoms. The van der Waals surface area contributed by atoms with Gasteiger partial charge in [-0.1, -0.05) is 72.9 Å². The molecule has 6 aromatic heterocycles. The Balaban J connectivity index is 0.000000184. The number of anilines is 8. The number of aromatic nitrogens is 7. The van der Waals surface area contributed by atoms with E-state index < -0.39 is 108 Å². The number of carbonyl (C=O) groups is 8. The number of carbonyl (C=O) groups excluding carboxylic acids is 8. The number of phenolic OH excluding ortho intramolecular Hbond substituents is 4. The maximum Gasteiger partial charge on any atom is 0.256 e. The average Bonchev–Trinajstić information content (AvgIpc) is 1.29. The van der Waals surface area contributed by atoms with Crippen molar-refractivity contribution in [2.45, 2.75) is 116 Å². The molecule has 0 aliphatic carbocycles. The molecular weight excluding hydrogens is 1980 g/mol. The summed E-state index contributed by atoms with van der Waals surface area (Å²) in [5.74, 6) is -4.97. The van der Waals surface area contributed by atoms with Crippen LogP contribution < -0.4 is 56.7 Å². The summed E-state index contributed by atoms with van der Waals surface area (Å²) in [4.78, 5) is 122. The summed E-state index contributed by atoms with van der Waals surface area (Å²) in [6, 6.07) is 53.6. The summed E-state index contributed by atoms with van der Waals surface area (Å²) in [5.41, 5.74) is 6.30. The van der Waals surface area contributed by atoms with Gasteiger partial charge in [0.1, 0.15) is 55.5 Å². The number of hydrogen-bond acceptors (Lipinski definition) is 29. The lowest BCUT2D eigenvalue weighted by atomic mass is 10.1. The third-order valence-corrected chi connectivity index (χ3v) is 30.4. The van der Waals surface area contributed by atoms with Gasteiger partial charge in [-0.15, -0.1) is 0 Å². The number of aromatic hydroxyl groups is 4. The van der Waals surface area contributed by atoms with Gasteiger partial charge < -0.3 is 77.2 Å². The minimum Gasteiger partial charge on any atom is -0.506 e. The molecule has 14 aromatic rings. The number of rotatable bonds is 31. The highest BCUT2D eigenvalue weighted by Crippen LogP contribution is 2.38. The van der Waals surface area contributed by atoms with E-state index in [1.54, 1.807) is 114 Å². The first-order valence-electron chi connectivity index (χ1n) is 43.6. The van der Waals surface area contributed by atoms with Crippen LogP contribution in [0.5, 0.6) is 40.4 Å². The molecule has 38 nitrogen and oxygen atoms in total. The van der Waals surface area contributed by atoms with Crippen LogP contribution in [0.3, 0.4) is 0 Å². The molecule has 0 aliphatic heterocycles. The van der Waals surface area contributed by atoms with Crippen LogP contribution in [0, 0.1) is 27.7 Å². The van der Waals surface area contributed by atoms with Crippen molar-refractivity contribution < 1.29 is 107 Å². The van der Waals surface area contributed by atoms with Crippen molar-refractivity contribution in [1.82, 2.24) is 34.7 Å². The van der Waals surface area contributed by atoms with Gasteiger partial charge >= 0.3 is 0 Å². The number of nitrogens with one attached hydrogen (secondary N) is 8. The molecule has 0 bridgehead atoms. The average molecular weight is 2080 g/mol. The van der Waals surface area contributed by atoms with Gasteiger partial charge in [0.15, 0.2) is 34.5 Å². The van der Waals surface area contributed by atoms with Crippen LogP contribution in [0.4, 0.5) is 45.5 Å². The van der Waals surface area contributed by atoms with Gasteiger partial charge in [-0.25, -0.2) is 48.3 Å². The number of phenols is 4. The van der Waals surface area contributed by atoms with Gasteiger partial charge in [-0.05, 0) is 219 Å². The van der Waals surface area contributed by atoms with E-state index in [9.17, 15) is 92.5 Å². The zero-order valence-corrected chi connectivity index (χ0v) is 83.5. The van der Waals surface area contributed by atoms with Crippen molar-refractivity contribution in [2.24, 2.45) is 0 Å². The Morgan fingerprint density at radius 3 is 1.29 bits per heavy atom. The number of hydrogen-bond donors (Lipinski definition) is 12. The summed E-state index contributed by atoms with van der Waals surface area (Å²) in [5, 5.41) is 61.8. The molecule has 0 spiro atoms. The first-order valence-corrected chi connectivity index (χ1v) is 50.6. The summed E-state index contributed by atoms with van der Waals surface area (Å²) >= 11 is 11.8. The second-order valence-corrected chi connectivity index (χ2v) is 41.3. The van der Waals surface area contributed by atoms with Crippen LogP contribution in [-0.2, 0) is 58.5 Å². The van der Waals surface area contributed by atoms with Crippen LogP contribution in [0.1, 0.15) is 112 Å². The fourth-order valence-electron chi connectivity index (χ4n) is 13.7. The van der Waals surface area contributed by atoms with Gasteiger partial charge in [-0.2, -0.15) is 5.10 Å². The number of aryl methyl sites for hydroxylation is 4. The number of halogens is 2. The number of benzene rings is 8. The minimum atomic E-state index is -4.08. The van der Waals surface area contributed by atoms with E-state index in [0.717, 1.165) is 11.8 Å². The monoisotopic (exact) mass is 2070 g/mol. The Morgan fingerprint density at radius 1 is 0.396 bits per heavy atom. The molecule has 12 N–H and O–H groups in total. The van der Waals surface area contributed by atoms with Crippen molar-refractivity contribution in [3.05, 3.63) is 311 Å². The van der Waals surface area contributed by atoms with Gasteiger partial charge in [0.25, 0.3) is 23.6 Å². The van der Waals surface area contributed by atoms with Crippen LogP contribution in [0.15, 0.2) is 275 Å². The molecule has 14 rings (SSSR count). The second kappa shape index (κ2) is 47.8. The maximum atomic E-state index is 13.4. The van der Waals surface area contributed by atoms with E-state index in [4.69, 9.17) is 37.4 Å². The Morgan fingerprint density at radius 2 is 0.854 bits per heavy atom. The molecule has 0 saturated carbocycles. The van der Waals surface area contributed by atoms with E-state index in [1.165, 1.54) is 203 Å². The zero-order valence-electron chi connectivity index (χ0n) is 78.7. The molecular formula is C100H97Cl2N15O23S4. The number of ether oxygens (including phenoxy) is 3. The predicted molar refractivity (Wildman–Crippen MR) is 543 cm³/mol. The molecule has 748 valence electrons. The Kier molecular flexibility index (Phi) is 35.9. The highest BCUT2D eigenvalue weighted by molar-refractivity contribution is 7.93. The molecule has 0 saturated heterocycles. The van der Waals surface area contributed by atoms with Crippen LogP contribution in [0.2, 0.25) is 10.0 Å². The fraction of sp³-hybridized carbons (Fsp3) is 0.180. The second-order valence-electron chi connectivity index (χ2n) is 31.7. The van der Waals surface area contributed by atoms with Crippen molar-refractivity contribution in [1.29, 1.82) is 0 Å². The van der Waals surface area contributed by atoms with Crippen LogP contribution in [-0.4, -0.2) is 178 Å². The van der Waals surface area contributed by atoms with E-state index >= 15 is 0 Å². The largest absolute Gasteiger partial charge is 0.506 e. The first-order chi connectivity index (χ1) is 68.3. The topological polar surface area (TPSA) is 560 Å². The standard InChI is InChI=1S/C30H26ClN5O6S.C24H26N4O6S.C23H22ClN3O5S.C23H23N3O6S/c1-17-12-23(22-6-4-5-7-24(22)33-17)30(39)35-26-13-27(36-16-19(31)15-32-36)25(14-28(26)37)34-29(38)18(2)43(40,41)21-10-8-20(42-3)9-11-21;1-4-21(35(32,33)18-7-9-22(26-14-18)34-5-2)24(31)27-17-6-8-19(20(29)13-17)28-23(30)16-10-11-25-15(3)12-16;1-3-20(33(31,32)21-11-8-16(24)13-25-21)23(30)26-17-9-10-18(19(28)12-17)27-22(29)15-6-4-14(2)5-7-15;1-14-12-16(10-11-24-14)23(29)26-20-9-4-17(13-21(20)27)25-22(28)15(2)33(30,31)19-7-5-18(32-3)6-8-19/h4-16,18,37H,1-3H3,(H,34,38)(H,35,39);6-14,21,29H,4-5H2,1-3H3,(H,27,31)(H,28,30);4-13,20,28H,3H2,1-2H3,(H,26,30)(H,27,29);4-13,15,27H,1-3H3,(H,25,28)(H,26,29). The van der Waals surface area contributed by atoms with Gasteiger partial charge in [0.05, 0.1) is 97.0 Å². The number of pyridine rings is 5. The van der Waals surface area contributed by atoms with Gasteiger partial charge in [0, 0.05) is 118 Å². The SMILES string of the molecule is CCC(C(=O)Nc1ccc(NC(=O)c2ccc(C)cc2)c(O)c1)S(=O)(=O)c1ccc(Cl)cn1.CCOc1ccc(S(=O)(=O)C(CC)C(=O)Nc2ccc(NC(=O)c3ccnc(C)c3)c(O)c2)cn1.COc1ccc(S(=O)(=O)C(C)C(=O)Nc2cc(O)c(NC(=O)c3cc(C)nc4ccccc34)cc2-n2cc(Cl)cn2)cc1.COc1ccc(S(=O)(=O)C(C)C(=O)Nc2ccc(NC(=O)c3ccnc(C)c3)c(O)c2)cc1. The lowest BCUT2D eigenvalue weighted by molar-refractivity contribution is -0.116. The van der Waals surface area contributed by atoms with Gasteiger partial charge in [0.2, 0.25) is 39.3 Å². The molecule has 44 heteroatoms. The van der Waals surface area contributed by atoms with Crippen molar-refractivity contribution in [3.8, 4) is 46.1 Å². The summed E-state index contributed by atoms with van der Waals surface area (Å²) in [6.07, 6.45) is 8.20. The highest BCUT2D eigenvalue weighted by Gasteiger charge is 2.37. The van der Waals surface area contributed by atoms with E-state index in [2.05, 4.69) is 72.6 Å². The van der Waals surface area contributed by atoms with Crippen LogP contribution >= 0.6 is 23.2 Å². The van der Waals surface area contributed by atoms with Crippen molar-refractivity contribution in [2.75, 3.05) is 63.4 Å². The number of amides is 8. The quantitative estimate of drug-likeness (QED) is 0.0180. The molecule has 8 aromatic carbocycles. The number of fused-ring (bicyclic) bond motifs is 1. The highest BCUT2D eigenvalue weighted by atomic mass is 35.5. The number of methoxy groups -OCH3 is 2. The van der Waals surface area contributed by atoms with Crippen molar-refractivity contribution >= 4 is 166 Å². The van der Waals surface area contributed by atoms with E-state index in [-0.39, 0.29) is 123 Å². The minimum absolute atomic E-state index is 0.00907. The van der Waals surface area contributed by atoms with Crippen LogP contribution in [0.25, 0.3) is 16.6 Å².